The van der Waals surface area contributed by atoms with Crippen LogP contribution in [-0.4, -0.2) is 67.5 Å². The molecule has 1 N–H and O–H groups in total. The zero-order valence-corrected chi connectivity index (χ0v) is 16.8. The lowest BCUT2D eigenvalue weighted by molar-refractivity contribution is -0.168. The van der Waals surface area contributed by atoms with E-state index in [1.807, 2.05) is 0 Å². The number of hydrogen-bond donors (Lipinski definition) is 1. The summed E-state index contributed by atoms with van der Waals surface area (Å²) in [6, 6.07) is 0. The molecule has 6 atom stereocenters. The number of ether oxygens (including phenoxy) is 4. The van der Waals surface area contributed by atoms with Crippen molar-refractivity contribution in [2.24, 2.45) is 23.7 Å². The van der Waals surface area contributed by atoms with E-state index in [4.69, 9.17) is 18.8 Å². The summed E-state index contributed by atoms with van der Waals surface area (Å²) < 4.78 is 74.9. The maximum atomic E-state index is 13.1. The molecular formula is C17H18F2O11S. The summed E-state index contributed by atoms with van der Waals surface area (Å²) in [5.74, 6) is -7.58. The van der Waals surface area contributed by atoms with Gasteiger partial charge in [0.05, 0.1) is 11.8 Å². The second-order valence-electron chi connectivity index (χ2n) is 7.46. The zero-order valence-electron chi connectivity index (χ0n) is 16.0. The third-order valence-electron chi connectivity index (χ3n) is 5.53. The number of carbonyl (C=O) groups excluding carboxylic acids is 4. The molecule has 1 heterocycles. The Hall–Kier alpha value is -2.61. The van der Waals surface area contributed by atoms with Gasteiger partial charge in [0, 0.05) is 17.4 Å². The van der Waals surface area contributed by atoms with Crippen LogP contribution in [0.3, 0.4) is 0 Å². The van der Waals surface area contributed by atoms with Crippen molar-refractivity contribution in [1.29, 1.82) is 0 Å². The van der Waals surface area contributed by atoms with Crippen molar-refractivity contribution in [1.82, 2.24) is 0 Å². The topological polar surface area (TPSA) is 160 Å². The molecule has 11 nitrogen and oxygen atoms in total. The molecule has 0 aromatic carbocycles. The molecule has 0 aromatic heterocycles. The molecule has 3 aliphatic rings. The number of alkyl halides is 2. The smallest absolute Gasteiger partial charge is 0.462 e. The Morgan fingerprint density at radius 3 is 2.42 bits per heavy atom. The lowest BCUT2D eigenvalue weighted by Crippen LogP contribution is -2.44. The lowest BCUT2D eigenvalue weighted by Gasteiger charge is -2.30. The maximum Gasteiger partial charge on any atom is 0.465 e. The van der Waals surface area contributed by atoms with E-state index in [1.54, 1.807) is 0 Å². The first-order valence-corrected chi connectivity index (χ1v) is 10.5. The highest BCUT2D eigenvalue weighted by Gasteiger charge is 2.70. The third kappa shape index (κ3) is 3.89. The first-order chi connectivity index (χ1) is 14.3. The van der Waals surface area contributed by atoms with Crippen LogP contribution in [0.5, 0.6) is 0 Å². The minimum atomic E-state index is -6.02. The van der Waals surface area contributed by atoms with Crippen LogP contribution in [0.2, 0.25) is 0 Å². The molecule has 2 saturated carbocycles. The molecule has 172 valence electrons. The first kappa shape index (κ1) is 23.1. The van der Waals surface area contributed by atoms with Crippen LogP contribution >= 0.6 is 0 Å². The molecule has 0 amide bonds. The highest BCUT2D eigenvalue weighted by atomic mass is 32.2. The van der Waals surface area contributed by atoms with Crippen LogP contribution in [0, 0.1) is 23.7 Å². The van der Waals surface area contributed by atoms with E-state index in [9.17, 15) is 36.4 Å². The van der Waals surface area contributed by atoms with E-state index in [-0.39, 0.29) is 11.5 Å². The highest BCUT2D eigenvalue weighted by molar-refractivity contribution is 7.87. The Bertz CT molecular complexity index is 944. The Morgan fingerprint density at radius 1 is 1.23 bits per heavy atom. The fraction of sp³-hybridized carbons (Fsp3) is 0.647. The SMILES string of the molecule is C=C(C)C(=O)OC1C2CC3C1OC(=O)C3C2C(=O)OCCOC(=O)C(F)(F)S(=O)(=O)O. The molecule has 31 heavy (non-hydrogen) atoms. The fourth-order valence-electron chi connectivity index (χ4n) is 4.26. The Balaban J connectivity index is 1.59. The molecule has 2 bridgehead atoms. The summed E-state index contributed by atoms with van der Waals surface area (Å²) in [5, 5.41) is -5.18. The Morgan fingerprint density at radius 2 is 1.84 bits per heavy atom. The molecule has 0 radical (unpaired) electrons. The van der Waals surface area contributed by atoms with Gasteiger partial charge < -0.3 is 18.9 Å². The molecule has 3 rings (SSSR count). The van der Waals surface area contributed by atoms with Gasteiger partial charge in [0.25, 0.3) is 0 Å². The van der Waals surface area contributed by atoms with E-state index in [2.05, 4.69) is 11.3 Å². The number of carbonyl (C=O) groups is 4. The largest absolute Gasteiger partial charge is 0.465 e. The molecule has 0 aromatic rings. The predicted molar refractivity (Wildman–Crippen MR) is 91.6 cm³/mol. The number of halogens is 2. The van der Waals surface area contributed by atoms with Gasteiger partial charge in [0.1, 0.15) is 25.4 Å². The minimum absolute atomic E-state index is 0.117. The maximum absolute atomic E-state index is 13.1. The summed E-state index contributed by atoms with van der Waals surface area (Å²) in [4.78, 5) is 47.7. The van der Waals surface area contributed by atoms with Crippen LogP contribution in [-0.2, 0) is 48.2 Å². The molecule has 14 heteroatoms. The van der Waals surface area contributed by atoms with Crippen molar-refractivity contribution in [3.8, 4) is 0 Å². The van der Waals surface area contributed by atoms with E-state index in [1.165, 1.54) is 6.92 Å². The first-order valence-electron chi connectivity index (χ1n) is 9.03. The minimum Gasteiger partial charge on any atom is -0.462 e. The van der Waals surface area contributed by atoms with Crippen molar-refractivity contribution in [3.63, 3.8) is 0 Å². The second kappa shape index (κ2) is 7.82. The summed E-state index contributed by atoms with van der Waals surface area (Å²) in [5.41, 5.74) is 0.117. The average Bonchev–Trinajstić information content (AvgIpc) is 3.27. The molecule has 1 saturated heterocycles. The van der Waals surface area contributed by atoms with Gasteiger partial charge in [-0.1, -0.05) is 6.58 Å². The van der Waals surface area contributed by atoms with Gasteiger partial charge in [-0.2, -0.15) is 17.2 Å². The zero-order chi connectivity index (χ0) is 23.3. The van der Waals surface area contributed by atoms with Crippen molar-refractivity contribution in [2.75, 3.05) is 13.2 Å². The van der Waals surface area contributed by atoms with Crippen LogP contribution < -0.4 is 0 Å². The predicted octanol–water partition coefficient (Wildman–Crippen LogP) is -0.151. The number of esters is 4. The standard InChI is InChI=1S/C17H18F2O11S/c1-6(2)13(20)29-11-7-5-8-10(15(22)30-12(8)11)9(7)14(21)27-3-4-28-16(23)17(18,19)31(24,25)26/h7-12H,1,3-5H2,2H3,(H,24,25,26). The molecule has 1 aliphatic heterocycles. The van der Waals surface area contributed by atoms with E-state index < -0.39 is 82.4 Å². The van der Waals surface area contributed by atoms with Crippen LogP contribution in [0.4, 0.5) is 8.78 Å². The van der Waals surface area contributed by atoms with Crippen molar-refractivity contribution >= 4 is 34.0 Å². The van der Waals surface area contributed by atoms with E-state index in [0.717, 1.165) is 0 Å². The monoisotopic (exact) mass is 468 g/mol. The van der Waals surface area contributed by atoms with Crippen molar-refractivity contribution in [2.45, 2.75) is 30.8 Å². The second-order valence-corrected chi connectivity index (χ2v) is 8.92. The average molecular weight is 468 g/mol. The van der Waals surface area contributed by atoms with Gasteiger partial charge in [-0.25, -0.2) is 9.59 Å². The van der Waals surface area contributed by atoms with Gasteiger partial charge in [-0.15, -0.1) is 0 Å². The number of hydrogen-bond acceptors (Lipinski definition) is 10. The van der Waals surface area contributed by atoms with Crippen LogP contribution in [0.1, 0.15) is 13.3 Å². The third-order valence-corrected chi connectivity index (χ3v) is 6.35. The molecule has 6 unspecified atom stereocenters. The Labute approximate surface area is 174 Å². The van der Waals surface area contributed by atoms with Crippen LogP contribution in [0.15, 0.2) is 12.2 Å². The normalized spacial score (nSPS) is 31.2. The van der Waals surface area contributed by atoms with Gasteiger partial charge in [-0.3, -0.25) is 14.1 Å². The fourth-order valence-corrected chi connectivity index (χ4v) is 4.52. The van der Waals surface area contributed by atoms with Gasteiger partial charge in [-0.05, 0) is 13.3 Å². The van der Waals surface area contributed by atoms with Gasteiger partial charge >= 0.3 is 39.2 Å². The van der Waals surface area contributed by atoms with E-state index in [0.29, 0.717) is 6.42 Å². The quantitative estimate of drug-likeness (QED) is 0.166. The molecule has 3 fully saturated rings. The molecule has 2 aliphatic carbocycles. The van der Waals surface area contributed by atoms with Crippen molar-refractivity contribution < 1.29 is 59.9 Å². The van der Waals surface area contributed by atoms with Crippen LogP contribution in [0.25, 0.3) is 0 Å². The van der Waals surface area contributed by atoms with Gasteiger partial charge in [0.2, 0.25) is 0 Å². The van der Waals surface area contributed by atoms with E-state index >= 15 is 0 Å². The summed E-state index contributed by atoms with van der Waals surface area (Å²) >= 11 is 0. The summed E-state index contributed by atoms with van der Waals surface area (Å²) in [7, 11) is -6.02. The number of rotatable bonds is 8. The van der Waals surface area contributed by atoms with Crippen molar-refractivity contribution in [3.05, 3.63) is 12.2 Å². The summed E-state index contributed by atoms with van der Waals surface area (Å²) in [6.45, 7) is 3.24. The lowest BCUT2D eigenvalue weighted by atomic mass is 9.78. The highest BCUT2D eigenvalue weighted by Crippen LogP contribution is 2.59. The van der Waals surface area contributed by atoms with Gasteiger partial charge in [0.15, 0.2) is 0 Å². The molecule has 0 spiro atoms. The number of fused-ring (bicyclic) bond motifs is 1. The molecular weight excluding hydrogens is 450 g/mol. The Kier molecular flexibility index (Phi) is 5.82. The summed E-state index contributed by atoms with van der Waals surface area (Å²) in [6.07, 6.45) is -1.19.